The zero-order valence-corrected chi connectivity index (χ0v) is 18.1. The van der Waals surface area contributed by atoms with Crippen molar-refractivity contribution in [2.75, 3.05) is 0 Å². The molecule has 0 aliphatic rings. The van der Waals surface area contributed by atoms with Gasteiger partial charge in [0.15, 0.2) is 5.82 Å². The highest BCUT2D eigenvalue weighted by atomic mass is 35.5. The van der Waals surface area contributed by atoms with Crippen molar-refractivity contribution in [2.45, 2.75) is 12.6 Å². The summed E-state index contributed by atoms with van der Waals surface area (Å²) in [4.78, 5) is 7.97. The van der Waals surface area contributed by atoms with Crippen molar-refractivity contribution in [1.29, 1.82) is 5.26 Å². The van der Waals surface area contributed by atoms with Crippen molar-refractivity contribution in [3.63, 3.8) is 0 Å². The van der Waals surface area contributed by atoms with E-state index in [4.69, 9.17) is 16.3 Å². The van der Waals surface area contributed by atoms with Crippen LogP contribution in [0.25, 0.3) is 0 Å². The van der Waals surface area contributed by atoms with Gasteiger partial charge in [-0.1, -0.05) is 23.7 Å². The highest BCUT2D eigenvalue weighted by Crippen LogP contribution is 2.30. The number of aromatic amines is 1. The molecule has 2 aromatic carbocycles. The van der Waals surface area contributed by atoms with Crippen LogP contribution >= 0.6 is 11.6 Å². The molecule has 0 saturated heterocycles. The molecular weight excluding hydrogens is 467 g/mol. The third-order valence-electron chi connectivity index (χ3n) is 4.71. The second-order valence-electron chi connectivity index (χ2n) is 7.13. The lowest BCUT2D eigenvalue weighted by Gasteiger charge is -2.08. The molecule has 4 rings (SSSR count). The maximum absolute atomic E-state index is 12.6. The van der Waals surface area contributed by atoms with Crippen molar-refractivity contribution in [3.05, 3.63) is 99.8 Å². The number of pyridine rings is 1. The number of nitrogens with zero attached hydrogens (tertiary/aromatic N) is 4. The van der Waals surface area contributed by atoms with E-state index in [1.165, 1.54) is 0 Å². The molecule has 10 heteroatoms. The number of aromatic nitrogens is 3. The zero-order valence-electron chi connectivity index (χ0n) is 17.3. The smallest absolute Gasteiger partial charge is 0.417 e. The van der Waals surface area contributed by atoms with Gasteiger partial charge in [0, 0.05) is 29.9 Å². The fourth-order valence-electron chi connectivity index (χ4n) is 3.04. The molecule has 4 aromatic rings. The van der Waals surface area contributed by atoms with E-state index in [0.29, 0.717) is 40.2 Å². The number of hydrogen-bond acceptors (Lipinski definition) is 5. The van der Waals surface area contributed by atoms with Crippen molar-refractivity contribution in [2.24, 2.45) is 4.99 Å². The van der Waals surface area contributed by atoms with Gasteiger partial charge in [-0.3, -0.25) is 5.10 Å². The van der Waals surface area contributed by atoms with Crippen LogP contribution < -0.4 is 4.74 Å². The van der Waals surface area contributed by atoms with Crippen LogP contribution in [0.4, 0.5) is 19.0 Å². The van der Waals surface area contributed by atoms with E-state index >= 15 is 0 Å². The molecule has 2 heterocycles. The summed E-state index contributed by atoms with van der Waals surface area (Å²) in [6.07, 6.45) is -1.74. The number of alkyl halides is 3. The Hall–Kier alpha value is -4.16. The van der Waals surface area contributed by atoms with Crippen LogP contribution in [0, 0.1) is 11.3 Å². The highest BCUT2D eigenvalue weighted by Gasteiger charge is 2.30. The van der Waals surface area contributed by atoms with E-state index in [0.717, 1.165) is 17.7 Å². The Morgan fingerprint density at radius 1 is 1.12 bits per heavy atom. The number of H-pyrrole nitrogens is 1. The molecule has 170 valence electrons. The van der Waals surface area contributed by atoms with E-state index in [-0.39, 0.29) is 11.7 Å². The van der Waals surface area contributed by atoms with Crippen molar-refractivity contribution in [3.8, 4) is 17.7 Å². The number of aliphatic imine (C=N–C) groups is 1. The van der Waals surface area contributed by atoms with Crippen LogP contribution in [-0.4, -0.2) is 21.4 Å². The molecule has 0 fully saturated rings. The SMILES string of the molecule is N#Cc1c(N=Cc2ccc(Oc3ccc(C(F)(F)F)cn3)cc2)n[nH]c1Cc1cccc(Cl)c1. The molecule has 0 atom stereocenters. The third kappa shape index (κ3) is 5.60. The van der Waals surface area contributed by atoms with E-state index in [9.17, 15) is 18.4 Å². The summed E-state index contributed by atoms with van der Waals surface area (Å²) in [5.41, 5.74) is 1.75. The minimum absolute atomic E-state index is 0.0387. The first-order valence-corrected chi connectivity index (χ1v) is 10.3. The lowest BCUT2D eigenvalue weighted by atomic mass is 10.1. The summed E-state index contributed by atoms with van der Waals surface area (Å²) < 4.78 is 43.4. The Morgan fingerprint density at radius 2 is 1.91 bits per heavy atom. The minimum Gasteiger partial charge on any atom is -0.439 e. The summed E-state index contributed by atoms with van der Waals surface area (Å²) >= 11 is 6.02. The first kappa shape index (κ1) is 23.0. The molecule has 2 aromatic heterocycles. The van der Waals surface area contributed by atoms with Crippen LogP contribution in [0.1, 0.15) is 27.9 Å². The molecule has 1 N–H and O–H groups in total. The molecule has 0 aliphatic carbocycles. The van der Waals surface area contributed by atoms with E-state index < -0.39 is 11.7 Å². The molecule has 0 spiro atoms. The Bertz CT molecular complexity index is 1360. The second-order valence-corrected chi connectivity index (χ2v) is 7.57. The first-order chi connectivity index (χ1) is 16.3. The van der Waals surface area contributed by atoms with Crippen molar-refractivity contribution in [1.82, 2.24) is 15.2 Å². The lowest BCUT2D eigenvalue weighted by molar-refractivity contribution is -0.137. The van der Waals surface area contributed by atoms with Gasteiger partial charge in [-0.25, -0.2) is 9.98 Å². The van der Waals surface area contributed by atoms with Gasteiger partial charge in [-0.15, -0.1) is 0 Å². The minimum atomic E-state index is -4.46. The van der Waals surface area contributed by atoms with Gasteiger partial charge >= 0.3 is 6.18 Å². The number of ether oxygens (including phenoxy) is 1. The molecule has 0 saturated carbocycles. The van der Waals surface area contributed by atoms with E-state index in [2.05, 4.69) is 26.2 Å². The van der Waals surface area contributed by atoms with Gasteiger partial charge < -0.3 is 4.74 Å². The number of nitriles is 1. The predicted octanol–water partition coefficient (Wildman–Crippen LogP) is 6.48. The Kier molecular flexibility index (Phi) is 6.61. The quantitative estimate of drug-likeness (QED) is 0.319. The lowest BCUT2D eigenvalue weighted by Crippen LogP contribution is -2.05. The van der Waals surface area contributed by atoms with Crippen LogP contribution in [0.5, 0.6) is 11.6 Å². The van der Waals surface area contributed by atoms with Crippen molar-refractivity contribution >= 4 is 23.6 Å². The zero-order chi connectivity index (χ0) is 24.1. The largest absolute Gasteiger partial charge is 0.439 e. The van der Waals surface area contributed by atoms with E-state index in [1.807, 2.05) is 18.2 Å². The monoisotopic (exact) mass is 481 g/mol. The second kappa shape index (κ2) is 9.77. The third-order valence-corrected chi connectivity index (χ3v) is 4.94. The average Bonchev–Trinajstić information content (AvgIpc) is 3.19. The summed E-state index contributed by atoms with van der Waals surface area (Å²) in [5.74, 6) is 0.691. The fourth-order valence-corrected chi connectivity index (χ4v) is 3.26. The average molecular weight is 482 g/mol. The summed E-state index contributed by atoms with van der Waals surface area (Å²) in [6.45, 7) is 0. The molecule has 0 amide bonds. The molecule has 6 nitrogen and oxygen atoms in total. The van der Waals surface area contributed by atoms with Gasteiger partial charge in [0.25, 0.3) is 0 Å². The topological polar surface area (TPSA) is 86.9 Å². The van der Waals surface area contributed by atoms with Gasteiger partial charge in [0.1, 0.15) is 17.4 Å². The molecule has 0 aliphatic heterocycles. The van der Waals surface area contributed by atoms with Crippen LogP contribution in [-0.2, 0) is 12.6 Å². The number of nitrogens with one attached hydrogen (secondary N) is 1. The molecule has 0 unspecified atom stereocenters. The van der Waals surface area contributed by atoms with E-state index in [1.54, 1.807) is 36.5 Å². The molecule has 0 bridgehead atoms. The summed E-state index contributed by atoms with van der Waals surface area (Å²) in [7, 11) is 0. The Balaban J connectivity index is 1.43. The number of halogens is 4. The Labute approximate surface area is 197 Å². The Morgan fingerprint density at radius 3 is 2.56 bits per heavy atom. The standard InChI is InChI=1S/C24H15ClF3N5O/c25-18-3-1-2-16(10-18)11-21-20(12-29)23(33-32-21)31-13-15-4-7-19(8-5-15)34-22-9-6-17(14-30-22)24(26,27)28/h1-10,13-14H,11H2,(H,32,33). The maximum Gasteiger partial charge on any atom is 0.417 e. The van der Waals surface area contributed by atoms with Gasteiger partial charge in [0.2, 0.25) is 5.88 Å². The van der Waals surface area contributed by atoms with Gasteiger partial charge in [0.05, 0.1) is 11.3 Å². The van der Waals surface area contributed by atoms with Crippen molar-refractivity contribution < 1.29 is 17.9 Å². The van der Waals surface area contributed by atoms with Gasteiger partial charge in [-0.05, 0) is 53.6 Å². The van der Waals surface area contributed by atoms with Crippen LogP contribution in [0.3, 0.4) is 0 Å². The number of hydrogen-bond donors (Lipinski definition) is 1. The number of rotatable bonds is 6. The van der Waals surface area contributed by atoms with Crippen LogP contribution in [0.15, 0.2) is 71.9 Å². The number of benzene rings is 2. The maximum atomic E-state index is 12.6. The molecule has 0 radical (unpaired) electrons. The highest BCUT2D eigenvalue weighted by molar-refractivity contribution is 6.30. The molecule has 34 heavy (non-hydrogen) atoms. The fraction of sp³-hybridized carbons (Fsp3) is 0.0833. The van der Waals surface area contributed by atoms with Crippen LogP contribution in [0.2, 0.25) is 5.02 Å². The predicted molar refractivity (Wildman–Crippen MR) is 121 cm³/mol. The summed E-state index contributed by atoms with van der Waals surface area (Å²) in [6, 6.07) is 18.2. The summed E-state index contributed by atoms with van der Waals surface area (Å²) in [5, 5.41) is 17.1. The first-order valence-electron chi connectivity index (χ1n) is 9.89. The van der Waals surface area contributed by atoms with Gasteiger partial charge in [-0.2, -0.15) is 23.5 Å². The molecular formula is C24H15ClF3N5O. The normalized spacial score (nSPS) is 11.5.